The number of amides is 2. The maximum atomic E-state index is 12.2. The van der Waals surface area contributed by atoms with Crippen LogP contribution < -0.4 is 16.4 Å². The Hall–Kier alpha value is -2.75. The fourth-order valence-corrected chi connectivity index (χ4v) is 6.59. The molecule has 0 unspecified atom stereocenters. The van der Waals surface area contributed by atoms with Crippen molar-refractivity contribution in [2.75, 3.05) is 5.75 Å². The van der Waals surface area contributed by atoms with E-state index in [9.17, 15) is 9.59 Å². The van der Waals surface area contributed by atoms with Gasteiger partial charge in [0.05, 0.1) is 29.5 Å². The number of oxazole rings is 1. The van der Waals surface area contributed by atoms with Gasteiger partial charge in [-0.2, -0.15) is 11.8 Å². The molecule has 2 fully saturated rings. The molecule has 182 valence electrons. The van der Waals surface area contributed by atoms with Gasteiger partial charge in [-0.1, -0.05) is 24.1 Å². The second-order valence-electron chi connectivity index (χ2n) is 9.37. The van der Waals surface area contributed by atoms with Crippen molar-refractivity contribution in [3.8, 4) is 0 Å². The van der Waals surface area contributed by atoms with E-state index in [4.69, 9.17) is 4.42 Å². The Morgan fingerprint density at radius 2 is 2.00 bits per heavy atom. The molecule has 2 saturated heterocycles. The maximum Gasteiger partial charge on any atom is 0.419 e. The van der Waals surface area contributed by atoms with E-state index in [2.05, 4.69) is 20.9 Å². The zero-order valence-electron chi connectivity index (χ0n) is 19.5. The molecule has 0 radical (unpaired) electrons. The third-order valence-electron chi connectivity index (χ3n) is 6.88. The lowest BCUT2D eigenvalue weighted by atomic mass is 10.0. The number of unbranched alkanes of at least 4 members (excludes halogenated alkanes) is 3. The summed E-state index contributed by atoms with van der Waals surface area (Å²) in [6.07, 6.45) is 9.22. The van der Waals surface area contributed by atoms with Gasteiger partial charge < -0.3 is 15.1 Å². The van der Waals surface area contributed by atoms with Crippen molar-refractivity contribution in [3.63, 3.8) is 0 Å². The SMILES string of the molecule is Cc1ccc2oc(=O)n(CCCCn3nncc3CCCCC[C@@H]3SC[C@@H]4NC(=O)N[C@@H]43)c2c1. The predicted octanol–water partition coefficient (Wildman–Crippen LogP) is 3.24. The number of aryl methyl sites for hydroxylation is 4. The Kier molecular flexibility index (Phi) is 6.94. The summed E-state index contributed by atoms with van der Waals surface area (Å²) >= 11 is 1.98. The molecule has 9 nitrogen and oxygen atoms in total. The molecule has 1 aromatic carbocycles. The fourth-order valence-electron chi connectivity index (χ4n) is 5.05. The molecule has 3 aromatic rings. The summed E-state index contributed by atoms with van der Waals surface area (Å²) in [5, 5.41) is 15.0. The summed E-state index contributed by atoms with van der Waals surface area (Å²) in [7, 11) is 0. The zero-order chi connectivity index (χ0) is 23.5. The number of aromatic nitrogens is 4. The number of thioether (sulfide) groups is 1. The first kappa shape index (κ1) is 23.0. The van der Waals surface area contributed by atoms with Gasteiger partial charge in [-0.05, 0) is 56.7 Å². The van der Waals surface area contributed by atoms with Gasteiger partial charge in [0.2, 0.25) is 0 Å². The minimum atomic E-state index is -0.292. The molecule has 0 bridgehead atoms. The number of carbonyl (C=O) groups is 1. The second-order valence-corrected chi connectivity index (χ2v) is 10.6. The van der Waals surface area contributed by atoms with E-state index in [1.165, 1.54) is 12.1 Å². The normalized spacial score (nSPS) is 21.7. The Morgan fingerprint density at radius 3 is 2.91 bits per heavy atom. The number of carbonyl (C=O) groups excluding carboxylic acids is 1. The molecular weight excluding hydrogens is 452 g/mol. The van der Waals surface area contributed by atoms with Gasteiger partial charge in [0, 0.05) is 24.1 Å². The maximum absolute atomic E-state index is 12.2. The number of hydrogen-bond donors (Lipinski definition) is 2. The van der Waals surface area contributed by atoms with Crippen LogP contribution in [0.4, 0.5) is 4.79 Å². The van der Waals surface area contributed by atoms with Crippen molar-refractivity contribution < 1.29 is 9.21 Å². The first-order valence-electron chi connectivity index (χ1n) is 12.2. The second kappa shape index (κ2) is 10.2. The van der Waals surface area contributed by atoms with Gasteiger partial charge in [0.1, 0.15) is 0 Å². The average molecular weight is 485 g/mol. The standard InChI is InChI=1S/C24H32N6O3S/c1-16-9-10-20-19(13-16)29(24(32)33-20)11-5-6-12-30-17(14-25-28-30)7-3-2-4-8-21-22-18(15-34-21)26-23(31)27-22/h9-10,13-14,18,21-22H,2-8,11-12,15H2,1H3,(H2,26,27,31)/t18-,21-,22-/m0/s1. The van der Waals surface area contributed by atoms with Crippen LogP contribution in [0.25, 0.3) is 11.1 Å². The summed E-state index contributed by atoms with van der Waals surface area (Å²) in [5.74, 6) is 0.726. The summed E-state index contributed by atoms with van der Waals surface area (Å²) in [6, 6.07) is 6.40. The quantitative estimate of drug-likeness (QED) is 0.320. The number of benzene rings is 1. The van der Waals surface area contributed by atoms with E-state index in [0.29, 0.717) is 29.5 Å². The van der Waals surface area contributed by atoms with Crippen LogP contribution in [0.2, 0.25) is 0 Å². The van der Waals surface area contributed by atoms with Gasteiger partial charge in [0.15, 0.2) is 5.58 Å². The number of nitrogens with one attached hydrogen (secondary N) is 2. The molecule has 4 heterocycles. The number of urea groups is 1. The highest BCUT2D eigenvalue weighted by Gasteiger charge is 2.42. The highest BCUT2D eigenvalue weighted by molar-refractivity contribution is 8.00. The number of nitrogens with zero attached hydrogens (tertiary/aromatic N) is 4. The minimum Gasteiger partial charge on any atom is -0.408 e. The van der Waals surface area contributed by atoms with Crippen molar-refractivity contribution in [2.24, 2.45) is 0 Å². The van der Waals surface area contributed by atoms with Crippen molar-refractivity contribution in [1.29, 1.82) is 0 Å². The lowest BCUT2D eigenvalue weighted by Gasteiger charge is -2.16. The molecule has 2 N–H and O–H groups in total. The van der Waals surface area contributed by atoms with Crippen molar-refractivity contribution in [3.05, 3.63) is 46.2 Å². The van der Waals surface area contributed by atoms with Crippen molar-refractivity contribution >= 4 is 28.9 Å². The van der Waals surface area contributed by atoms with Gasteiger partial charge in [0.25, 0.3) is 0 Å². The topological polar surface area (TPSA) is 107 Å². The molecule has 2 aliphatic rings. The lowest BCUT2D eigenvalue weighted by Crippen LogP contribution is -2.36. The zero-order valence-corrected chi connectivity index (χ0v) is 20.4. The Labute approximate surface area is 202 Å². The predicted molar refractivity (Wildman–Crippen MR) is 132 cm³/mol. The van der Waals surface area contributed by atoms with Crippen molar-refractivity contribution in [2.45, 2.75) is 82.3 Å². The molecule has 10 heteroatoms. The van der Waals surface area contributed by atoms with Gasteiger partial charge in [-0.3, -0.25) is 4.57 Å². The molecular formula is C24H32N6O3S. The number of rotatable bonds is 11. The molecule has 5 rings (SSSR count). The van der Waals surface area contributed by atoms with Crippen molar-refractivity contribution in [1.82, 2.24) is 30.2 Å². The first-order valence-corrected chi connectivity index (χ1v) is 13.3. The lowest BCUT2D eigenvalue weighted by molar-refractivity contribution is 0.247. The molecule has 0 aliphatic carbocycles. The molecule has 2 amide bonds. The van der Waals surface area contributed by atoms with E-state index < -0.39 is 0 Å². The molecule has 2 aliphatic heterocycles. The van der Waals surface area contributed by atoms with E-state index in [-0.39, 0.29) is 11.8 Å². The summed E-state index contributed by atoms with van der Waals surface area (Å²) in [4.78, 5) is 23.7. The van der Waals surface area contributed by atoms with Crippen LogP contribution in [0.5, 0.6) is 0 Å². The van der Waals surface area contributed by atoms with Gasteiger partial charge in [-0.15, -0.1) is 5.10 Å². The fraction of sp³-hybridized carbons (Fsp3) is 0.583. The first-order chi connectivity index (χ1) is 16.6. The smallest absolute Gasteiger partial charge is 0.408 e. The molecule has 3 atom stereocenters. The van der Waals surface area contributed by atoms with Crippen LogP contribution in [0.3, 0.4) is 0 Å². The van der Waals surface area contributed by atoms with Crippen LogP contribution >= 0.6 is 11.8 Å². The van der Waals surface area contributed by atoms with Crippen LogP contribution in [0.1, 0.15) is 49.8 Å². The third kappa shape index (κ3) is 5.01. The van der Waals surface area contributed by atoms with Crippen LogP contribution in [0, 0.1) is 6.92 Å². The van der Waals surface area contributed by atoms with E-state index in [0.717, 1.165) is 61.9 Å². The largest absolute Gasteiger partial charge is 0.419 e. The third-order valence-corrected chi connectivity index (χ3v) is 8.39. The van der Waals surface area contributed by atoms with Crippen LogP contribution in [-0.2, 0) is 19.5 Å². The Bertz CT molecular complexity index is 1200. The molecule has 0 spiro atoms. The highest BCUT2D eigenvalue weighted by atomic mass is 32.2. The summed E-state index contributed by atoms with van der Waals surface area (Å²) in [5.41, 5.74) is 3.79. The molecule has 2 aromatic heterocycles. The summed E-state index contributed by atoms with van der Waals surface area (Å²) in [6.45, 7) is 3.45. The van der Waals surface area contributed by atoms with Gasteiger partial charge >= 0.3 is 11.8 Å². The molecule has 0 saturated carbocycles. The number of hydrogen-bond acceptors (Lipinski definition) is 6. The van der Waals surface area contributed by atoms with E-state index in [1.54, 1.807) is 4.57 Å². The van der Waals surface area contributed by atoms with Crippen LogP contribution in [0.15, 0.2) is 33.6 Å². The Balaban J connectivity index is 1.03. The van der Waals surface area contributed by atoms with E-state index in [1.807, 2.05) is 47.8 Å². The van der Waals surface area contributed by atoms with Gasteiger partial charge in [-0.25, -0.2) is 14.3 Å². The number of fused-ring (bicyclic) bond motifs is 2. The van der Waals surface area contributed by atoms with E-state index >= 15 is 0 Å². The average Bonchev–Trinajstić information content (AvgIpc) is 3.56. The summed E-state index contributed by atoms with van der Waals surface area (Å²) < 4.78 is 9.08. The Morgan fingerprint density at radius 1 is 1.12 bits per heavy atom. The minimum absolute atomic E-state index is 0.0127. The molecule has 34 heavy (non-hydrogen) atoms. The van der Waals surface area contributed by atoms with Crippen LogP contribution in [-0.4, -0.2) is 48.7 Å². The highest BCUT2D eigenvalue weighted by Crippen LogP contribution is 2.33. The monoisotopic (exact) mass is 484 g/mol.